The third kappa shape index (κ3) is 1.98. The number of fused-ring (bicyclic) bond motifs is 4. The first-order valence-corrected chi connectivity index (χ1v) is 8.17. The van der Waals surface area contributed by atoms with Gasteiger partial charge in [-0.1, -0.05) is 6.92 Å². The van der Waals surface area contributed by atoms with Gasteiger partial charge in [-0.3, -0.25) is 4.90 Å². The second kappa shape index (κ2) is 5.10. The Kier molecular flexibility index (Phi) is 3.17. The number of nitriles is 1. The zero-order chi connectivity index (χ0) is 16.1. The van der Waals surface area contributed by atoms with Crippen LogP contribution in [0.15, 0.2) is 16.5 Å². The van der Waals surface area contributed by atoms with E-state index >= 15 is 0 Å². The molecular formula is C18H20N4O. The van der Waals surface area contributed by atoms with E-state index in [1.807, 2.05) is 12.1 Å². The average molecular weight is 308 g/mol. The Morgan fingerprint density at radius 3 is 2.96 bits per heavy atom. The Morgan fingerprint density at radius 2 is 2.26 bits per heavy atom. The number of anilines is 1. The van der Waals surface area contributed by atoms with Gasteiger partial charge in [-0.2, -0.15) is 5.26 Å². The number of furan rings is 1. The molecule has 5 heteroatoms. The summed E-state index contributed by atoms with van der Waals surface area (Å²) in [5, 5.41) is 9.64. The van der Waals surface area contributed by atoms with Crippen LogP contribution in [-0.4, -0.2) is 23.0 Å². The summed E-state index contributed by atoms with van der Waals surface area (Å²) in [6, 6.07) is 7.01. The quantitative estimate of drug-likeness (QED) is 0.922. The molecule has 23 heavy (non-hydrogen) atoms. The van der Waals surface area contributed by atoms with Crippen molar-refractivity contribution in [1.29, 1.82) is 5.26 Å². The Morgan fingerprint density at radius 1 is 1.43 bits per heavy atom. The van der Waals surface area contributed by atoms with E-state index in [9.17, 15) is 5.26 Å². The fraction of sp³-hybridized carbons (Fsp3) is 0.444. The molecule has 2 N–H and O–H groups in total. The van der Waals surface area contributed by atoms with E-state index in [0.29, 0.717) is 23.5 Å². The summed E-state index contributed by atoms with van der Waals surface area (Å²) in [4.78, 5) is 6.97. The monoisotopic (exact) mass is 308 g/mol. The van der Waals surface area contributed by atoms with Crippen molar-refractivity contribution < 1.29 is 4.42 Å². The third-order valence-corrected chi connectivity index (χ3v) is 5.31. The van der Waals surface area contributed by atoms with Gasteiger partial charge in [-0.15, -0.1) is 0 Å². The van der Waals surface area contributed by atoms with Crippen LogP contribution < -0.4 is 5.73 Å². The van der Waals surface area contributed by atoms with E-state index in [1.165, 1.54) is 0 Å². The molecule has 0 spiro atoms. The largest absolute Gasteiger partial charge is 0.461 e. The van der Waals surface area contributed by atoms with Gasteiger partial charge in [0.05, 0.1) is 0 Å². The number of rotatable bonds is 2. The third-order valence-electron chi connectivity index (χ3n) is 5.31. The molecule has 2 bridgehead atoms. The zero-order valence-electron chi connectivity index (χ0n) is 13.5. The molecule has 1 fully saturated rings. The summed E-state index contributed by atoms with van der Waals surface area (Å²) < 4.78 is 5.97. The highest BCUT2D eigenvalue weighted by Crippen LogP contribution is 2.47. The lowest BCUT2D eigenvalue weighted by Gasteiger charge is -2.34. The number of aromatic nitrogens is 1. The molecule has 0 aromatic carbocycles. The highest BCUT2D eigenvalue weighted by atomic mass is 16.3. The van der Waals surface area contributed by atoms with Gasteiger partial charge >= 0.3 is 0 Å². The van der Waals surface area contributed by atoms with Crippen molar-refractivity contribution in [2.45, 2.75) is 44.7 Å². The molecule has 2 aliphatic heterocycles. The highest BCUT2D eigenvalue weighted by molar-refractivity contribution is 5.77. The summed E-state index contributed by atoms with van der Waals surface area (Å²) in [6.45, 7) is 2.06. The van der Waals surface area contributed by atoms with Gasteiger partial charge < -0.3 is 10.2 Å². The molecule has 2 aromatic heterocycles. The van der Waals surface area contributed by atoms with Gasteiger partial charge in [0.2, 0.25) is 0 Å². The Bertz CT molecular complexity index is 817. The molecule has 0 saturated carbocycles. The molecule has 4 heterocycles. The Labute approximate surface area is 135 Å². The number of pyridine rings is 1. The number of aryl methyl sites for hydroxylation is 1. The summed E-state index contributed by atoms with van der Waals surface area (Å²) >= 11 is 0. The van der Waals surface area contributed by atoms with Gasteiger partial charge in [0.15, 0.2) is 0 Å². The van der Waals surface area contributed by atoms with E-state index < -0.39 is 0 Å². The molecule has 0 radical (unpaired) electrons. The number of likely N-dealkylation sites (N-methyl/N-ethyl adjacent to an activating group) is 1. The summed E-state index contributed by atoms with van der Waals surface area (Å²) in [5.41, 5.74) is 9.57. The van der Waals surface area contributed by atoms with E-state index in [1.54, 1.807) is 0 Å². The Hall–Kier alpha value is -2.32. The number of hydrogen-bond donors (Lipinski definition) is 1. The van der Waals surface area contributed by atoms with Crippen molar-refractivity contribution in [3.63, 3.8) is 0 Å². The molecule has 0 amide bonds. The summed E-state index contributed by atoms with van der Waals surface area (Å²) in [5.74, 6) is 1.98. The van der Waals surface area contributed by atoms with Crippen molar-refractivity contribution in [2.75, 3.05) is 12.8 Å². The molecule has 2 aromatic rings. The van der Waals surface area contributed by atoms with Gasteiger partial charge in [-0.05, 0) is 32.0 Å². The molecular weight excluding hydrogens is 288 g/mol. The summed E-state index contributed by atoms with van der Waals surface area (Å²) in [7, 11) is 2.16. The first-order valence-electron chi connectivity index (χ1n) is 8.17. The van der Waals surface area contributed by atoms with Crippen LogP contribution >= 0.6 is 0 Å². The fourth-order valence-corrected chi connectivity index (χ4v) is 4.08. The topological polar surface area (TPSA) is 79.1 Å². The molecule has 0 unspecified atom stereocenters. The van der Waals surface area contributed by atoms with Crippen molar-refractivity contribution in [2.24, 2.45) is 0 Å². The number of nitrogen functional groups attached to an aromatic ring is 1. The maximum absolute atomic E-state index is 9.64. The first-order chi connectivity index (χ1) is 11.1. The number of hydrogen-bond acceptors (Lipinski definition) is 5. The first kappa shape index (κ1) is 14.3. The maximum Gasteiger partial charge on any atom is 0.142 e. The smallest absolute Gasteiger partial charge is 0.142 e. The lowest BCUT2D eigenvalue weighted by atomic mass is 9.89. The predicted molar refractivity (Wildman–Crippen MR) is 87.7 cm³/mol. The molecule has 1 saturated heterocycles. The molecule has 118 valence electrons. The second-order valence-corrected chi connectivity index (χ2v) is 6.46. The summed E-state index contributed by atoms with van der Waals surface area (Å²) in [6.07, 6.45) is 3.98. The fourth-order valence-electron chi connectivity index (χ4n) is 4.08. The van der Waals surface area contributed by atoms with Crippen LogP contribution in [0.2, 0.25) is 0 Å². The zero-order valence-corrected chi connectivity index (χ0v) is 13.5. The van der Waals surface area contributed by atoms with Crippen molar-refractivity contribution in [3.8, 4) is 17.4 Å². The van der Waals surface area contributed by atoms with Crippen molar-refractivity contribution in [1.82, 2.24) is 9.88 Å². The molecule has 0 aliphatic carbocycles. The number of nitrogens with two attached hydrogens (primary N) is 1. The van der Waals surface area contributed by atoms with Crippen molar-refractivity contribution >= 4 is 5.82 Å². The van der Waals surface area contributed by atoms with Gasteiger partial charge in [0.25, 0.3) is 0 Å². The van der Waals surface area contributed by atoms with Crippen LogP contribution in [0.1, 0.15) is 48.4 Å². The van der Waals surface area contributed by atoms with E-state index in [-0.39, 0.29) is 0 Å². The standard InChI is InChI=1S/C18H20N4O/c1-3-11-5-7-15(23-11)16-12(9-19)18(20)21-13-8-10-4-6-14(17(13)16)22(10)2/h5,7,10,14H,3-4,6,8H2,1-2H3,(H2,20,21)/t10-,14+/m1/s1. The normalized spacial score (nSPS) is 22.8. The lowest BCUT2D eigenvalue weighted by Crippen LogP contribution is -2.35. The minimum atomic E-state index is 0.300. The molecule has 2 aliphatic rings. The molecule has 5 nitrogen and oxygen atoms in total. The maximum atomic E-state index is 9.64. The number of nitrogens with zero attached hydrogens (tertiary/aromatic N) is 3. The van der Waals surface area contributed by atoms with Crippen LogP contribution in [0.3, 0.4) is 0 Å². The SMILES string of the molecule is CCc1ccc(-c2c(C#N)c(N)nc3c2[C@@H]2CC[C@H](C3)N2C)o1. The molecule has 2 atom stereocenters. The van der Waals surface area contributed by atoms with Crippen LogP contribution in [0.4, 0.5) is 5.82 Å². The van der Waals surface area contributed by atoms with E-state index in [0.717, 1.165) is 54.0 Å². The Balaban J connectivity index is 2.00. The van der Waals surface area contributed by atoms with Gasteiger partial charge in [-0.25, -0.2) is 4.98 Å². The predicted octanol–water partition coefficient (Wildman–Crippen LogP) is 3.05. The lowest BCUT2D eigenvalue weighted by molar-refractivity contribution is 0.222. The molecule has 4 rings (SSSR count). The van der Waals surface area contributed by atoms with Crippen molar-refractivity contribution in [3.05, 3.63) is 34.7 Å². The highest BCUT2D eigenvalue weighted by Gasteiger charge is 2.41. The van der Waals surface area contributed by atoms with Crippen LogP contribution in [-0.2, 0) is 12.8 Å². The van der Waals surface area contributed by atoms with Crippen LogP contribution in [0.25, 0.3) is 11.3 Å². The van der Waals surface area contributed by atoms with E-state index in [4.69, 9.17) is 10.2 Å². The second-order valence-electron chi connectivity index (χ2n) is 6.46. The average Bonchev–Trinajstić information content (AvgIpc) is 3.09. The van der Waals surface area contributed by atoms with Gasteiger partial charge in [0, 0.05) is 41.7 Å². The minimum Gasteiger partial charge on any atom is -0.461 e. The van der Waals surface area contributed by atoms with Gasteiger partial charge in [0.1, 0.15) is 29.0 Å². The van der Waals surface area contributed by atoms with Crippen LogP contribution in [0.5, 0.6) is 0 Å². The van der Waals surface area contributed by atoms with E-state index in [2.05, 4.69) is 29.9 Å². The minimum absolute atomic E-state index is 0.300. The van der Waals surface area contributed by atoms with Crippen LogP contribution in [0, 0.1) is 11.3 Å².